The number of benzene rings is 1. The summed E-state index contributed by atoms with van der Waals surface area (Å²) < 4.78 is 7.31. The second-order valence-electron chi connectivity index (χ2n) is 3.95. The second kappa shape index (κ2) is 11.3. The maximum atomic E-state index is 11.3. The van der Waals surface area contributed by atoms with Crippen LogP contribution in [0.2, 0.25) is 0 Å². The van der Waals surface area contributed by atoms with Crippen molar-refractivity contribution in [2.45, 2.75) is 19.4 Å². The molecule has 10 heteroatoms. The van der Waals surface area contributed by atoms with Gasteiger partial charge >= 0.3 is 41.6 Å². The number of nitrogens with zero attached hydrogens (tertiary/aromatic N) is 1. The number of hydrogen-bond acceptors (Lipinski definition) is 6. The normalized spacial score (nSPS) is 9.45. The number of nitro groups is 1. The average Bonchev–Trinajstić information content (AvgIpc) is 2.44. The molecule has 0 atom stereocenters. The summed E-state index contributed by atoms with van der Waals surface area (Å²) in [4.78, 5) is 31.5. The molecule has 0 fully saturated rings. The summed E-state index contributed by atoms with van der Waals surface area (Å²) in [5.74, 6) is -0.407. The number of carboxylic acids is 1. The van der Waals surface area contributed by atoms with Crippen molar-refractivity contribution in [2.75, 3.05) is 5.75 Å². The van der Waals surface area contributed by atoms with Gasteiger partial charge in [0.25, 0.3) is 5.69 Å². The van der Waals surface area contributed by atoms with Crippen LogP contribution >= 0.6 is 11.9 Å². The predicted molar refractivity (Wildman–Crippen MR) is 82.9 cm³/mol. The summed E-state index contributed by atoms with van der Waals surface area (Å²) in [5.41, 5.74) is 0.601. The number of carbonyl (C=O) groups excluding carboxylic acids is 1. The molecule has 1 aromatic rings. The molecule has 0 aliphatic carbocycles. The Bertz CT molecular complexity index is 511. The molecule has 1 amide bonds. The van der Waals surface area contributed by atoms with Crippen molar-refractivity contribution < 1.29 is 24.4 Å². The summed E-state index contributed by atoms with van der Waals surface area (Å²) in [6.07, 6.45) is -0.150. The molecule has 0 aliphatic heterocycles. The van der Waals surface area contributed by atoms with Crippen LogP contribution in [0, 0.1) is 10.1 Å². The molecule has 0 heterocycles. The first-order valence-electron chi connectivity index (χ1n) is 5.98. The van der Waals surface area contributed by atoms with Gasteiger partial charge in [-0.15, -0.1) is 0 Å². The predicted octanol–water partition coefficient (Wildman–Crippen LogP) is 1.69. The molecule has 1 aromatic carbocycles. The Morgan fingerprint density at radius 1 is 1.32 bits per heavy atom. The van der Waals surface area contributed by atoms with E-state index in [1.54, 1.807) is 0 Å². The van der Waals surface area contributed by atoms with Crippen LogP contribution in [-0.4, -0.2) is 57.4 Å². The van der Waals surface area contributed by atoms with E-state index in [0.29, 0.717) is 17.7 Å². The monoisotopic (exact) mass is 338 g/mol. The Morgan fingerprint density at radius 3 is 2.50 bits per heavy atom. The van der Waals surface area contributed by atoms with Crippen LogP contribution < -0.4 is 4.72 Å². The molecule has 8 nitrogen and oxygen atoms in total. The van der Waals surface area contributed by atoms with Crippen LogP contribution in [-0.2, 0) is 16.1 Å². The van der Waals surface area contributed by atoms with Gasteiger partial charge < -0.3 is 9.84 Å². The number of nitrogens with one attached hydrogen (secondary N) is 1. The molecule has 0 bridgehead atoms. The van der Waals surface area contributed by atoms with Crippen LogP contribution in [0.3, 0.4) is 0 Å². The number of carbonyl (C=O) groups is 2. The number of non-ortho nitro benzene ring substituents is 1. The van der Waals surface area contributed by atoms with E-state index in [9.17, 15) is 19.7 Å². The first kappa shape index (κ1) is 20.7. The standard InChI is InChI=1S/C12H14N2O6S.Na.H/c15-11(16)2-1-7-21-13-12(17)20-8-9-3-5-10(6-4-9)14(18)19;;/h3-6H,1-2,7-8H2,(H,13,17)(H,15,16);;. The van der Waals surface area contributed by atoms with Crippen molar-refractivity contribution >= 4 is 59.3 Å². The van der Waals surface area contributed by atoms with Gasteiger partial charge in [-0.25, -0.2) is 4.79 Å². The quantitative estimate of drug-likeness (QED) is 0.243. The van der Waals surface area contributed by atoms with E-state index in [1.165, 1.54) is 24.3 Å². The molecule has 0 aromatic heterocycles. The van der Waals surface area contributed by atoms with Crippen molar-refractivity contribution in [3.63, 3.8) is 0 Å². The molecule has 116 valence electrons. The van der Waals surface area contributed by atoms with E-state index >= 15 is 0 Å². The number of hydrogen-bond donors (Lipinski definition) is 2. The third-order valence-electron chi connectivity index (χ3n) is 2.31. The van der Waals surface area contributed by atoms with Crippen molar-refractivity contribution in [1.82, 2.24) is 4.72 Å². The summed E-state index contributed by atoms with van der Waals surface area (Å²) in [6, 6.07) is 5.67. The summed E-state index contributed by atoms with van der Waals surface area (Å²) in [5, 5.41) is 18.9. The fourth-order valence-corrected chi connectivity index (χ4v) is 1.87. The van der Waals surface area contributed by atoms with Gasteiger partial charge in [-0.2, -0.15) is 0 Å². The van der Waals surface area contributed by atoms with E-state index in [2.05, 4.69) is 4.72 Å². The van der Waals surface area contributed by atoms with Gasteiger partial charge in [0.15, 0.2) is 0 Å². The fourth-order valence-electron chi connectivity index (χ4n) is 1.30. The van der Waals surface area contributed by atoms with Gasteiger partial charge in [0.1, 0.15) is 6.61 Å². The molecule has 0 saturated heterocycles. The van der Waals surface area contributed by atoms with Crippen LogP contribution in [0.5, 0.6) is 0 Å². The zero-order valence-electron chi connectivity index (χ0n) is 11.0. The van der Waals surface area contributed by atoms with E-state index < -0.39 is 17.0 Å². The van der Waals surface area contributed by atoms with Crippen LogP contribution in [0.1, 0.15) is 18.4 Å². The molecule has 22 heavy (non-hydrogen) atoms. The SMILES string of the molecule is O=C(O)CCCSNC(=O)OCc1ccc([N+](=O)[O-])cc1.[NaH]. The molecule has 0 saturated carbocycles. The zero-order valence-corrected chi connectivity index (χ0v) is 11.8. The fraction of sp³-hybridized carbons (Fsp3) is 0.333. The van der Waals surface area contributed by atoms with Gasteiger partial charge in [0.05, 0.1) is 4.92 Å². The van der Waals surface area contributed by atoms with Gasteiger partial charge in [0, 0.05) is 24.3 Å². The first-order chi connectivity index (χ1) is 9.99. The van der Waals surface area contributed by atoms with Gasteiger partial charge in [-0.05, 0) is 36.1 Å². The number of aliphatic carboxylic acids is 1. The molecule has 0 unspecified atom stereocenters. The van der Waals surface area contributed by atoms with Crippen LogP contribution in [0.4, 0.5) is 10.5 Å². The third-order valence-corrected chi connectivity index (χ3v) is 3.11. The maximum absolute atomic E-state index is 11.3. The number of rotatable bonds is 8. The Morgan fingerprint density at radius 2 is 1.95 bits per heavy atom. The van der Waals surface area contributed by atoms with Crippen molar-refractivity contribution in [3.8, 4) is 0 Å². The summed E-state index contributed by atoms with van der Waals surface area (Å²) in [7, 11) is 0. The van der Waals surface area contributed by atoms with Crippen LogP contribution in [0.25, 0.3) is 0 Å². The minimum atomic E-state index is -0.878. The average molecular weight is 338 g/mol. The van der Waals surface area contributed by atoms with E-state index in [1.807, 2.05) is 0 Å². The third kappa shape index (κ3) is 8.88. The summed E-state index contributed by atoms with van der Waals surface area (Å²) >= 11 is 1.07. The Hall–Kier alpha value is -1.29. The van der Waals surface area contributed by atoms with Gasteiger partial charge in [0.2, 0.25) is 0 Å². The second-order valence-corrected chi connectivity index (χ2v) is 4.85. The Kier molecular flexibility index (Phi) is 10.6. The molecule has 2 N–H and O–H groups in total. The van der Waals surface area contributed by atoms with Gasteiger partial charge in [-0.1, -0.05) is 0 Å². The van der Waals surface area contributed by atoms with Gasteiger partial charge in [-0.3, -0.25) is 19.6 Å². The Labute approximate surface area is 153 Å². The van der Waals surface area contributed by atoms with E-state index in [-0.39, 0.29) is 48.3 Å². The minimum absolute atomic E-state index is 0. The molecule has 0 aliphatic rings. The number of amides is 1. The topological polar surface area (TPSA) is 119 Å². The molecule has 0 radical (unpaired) electrons. The van der Waals surface area contributed by atoms with Crippen molar-refractivity contribution in [2.24, 2.45) is 0 Å². The summed E-state index contributed by atoms with van der Waals surface area (Å²) in [6.45, 7) is -0.000483. The number of carboxylic acid groups (broad SMARTS) is 1. The molecular formula is C12H15N2NaO6S. The molecule has 0 spiro atoms. The van der Waals surface area contributed by atoms with Crippen molar-refractivity contribution in [3.05, 3.63) is 39.9 Å². The molecular weight excluding hydrogens is 323 g/mol. The number of ether oxygens (including phenoxy) is 1. The zero-order chi connectivity index (χ0) is 15.7. The van der Waals surface area contributed by atoms with Crippen LogP contribution in [0.15, 0.2) is 24.3 Å². The van der Waals surface area contributed by atoms with E-state index in [4.69, 9.17) is 9.84 Å². The number of nitro benzene ring substituents is 1. The van der Waals surface area contributed by atoms with Crippen molar-refractivity contribution in [1.29, 1.82) is 0 Å². The van der Waals surface area contributed by atoms with E-state index in [0.717, 1.165) is 11.9 Å². The Balaban J connectivity index is 0.00000441. The molecule has 1 rings (SSSR count). The first-order valence-corrected chi connectivity index (χ1v) is 6.97.